The third-order valence-electron chi connectivity index (χ3n) is 3.43. The molecular weight excluding hydrogens is 344 g/mol. The second-order valence-corrected chi connectivity index (χ2v) is 6.23. The third kappa shape index (κ3) is 3.50. The lowest BCUT2D eigenvalue weighted by Gasteiger charge is -2.05. The lowest BCUT2D eigenvalue weighted by Crippen LogP contribution is -1.96. The minimum atomic E-state index is -0.567. The van der Waals surface area contributed by atoms with Crippen molar-refractivity contribution >= 4 is 38.6 Å². The quantitative estimate of drug-likeness (QED) is 0.409. The van der Waals surface area contributed by atoms with E-state index in [-0.39, 0.29) is 22.7 Å². The van der Waals surface area contributed by atoms with Crippen molar-refractivity contribution in [3.05, 3.63) is 51.6 Å². The number of nitro groups is 1. The molecule has 0 saturated heterocycles. The van der Waals surface area contributed by atoms with Gasteiger partial charge in [-0.1, -0.05) is 17.4 Å². The fraction of sp³-hybridized carbons (Fsp3) is 0.125. The number of aromatic nitrogens is 1. The fourth-order valence-electron chi connectivity index (χ4n) is 2.21. The number of benzene rings is 2. The molecule has 8 nitrogen and oxygen atoms in total. The number of ether oxygens (including phenoxy) is 1. The molecule has 3 rings (SSSR count). The number of hydrogen-bond donors (Lipinski definition) is 2. The Hall–Kier alpha value is -3.20. The second kappa shape index (κ2) is 6.73. The summed E-state index contributed by atoms with van der Waals surface area (Å²) in [6, 6.07) is 8.29. The highest BCUT2D eigenvalue weighted by Gasteiger charge is 2.15. The Morgan fingerprint density at radius 3 is 2.92 bits per heavy atom. The molecule has 128 valence electrons. The highest BCUT2D eigenvalue weighted by Crippen LogP contribution is 2.33. The lowest BCUT2D eigenvalue weighted by molar-refractivity contribution is -0.385. The number of non-ortho nitro benzene ring substituents is 1. The van der Waals surface area contributed by atoms with Gasteiger partial charge in [0.1, 0.15) is 0 Å². The zero-order valence-electron chi connectivity index (χ0n) is 13.4. The van der Waals surface area contributed by atoms with Crippen LogP contribution in [0.5, 0.6) is 11.5 Å². The van der Waals surface area contributed by atoms with Crippen molar-refractivity contribution in [2.45, 2.75) is 6.92 Å². The van der Waals surface area contributed by atoms with E-state index in [1.165, 1.54) is 30.7 Å². The highest BCUT2D eigenvalue weighted by atomic mass is 32.1. The van der Waals surface area contributed by atoms with Crippen LogP contribution in [0.15, 0.2) is 35.4 Å². The first-order chi connectivity index (χ1) is 12.0. The molecule has 0 fully saturated rings. The molecule has 1 aromatic heterocycles. The number of rotatable bonds is 5. The number of thiazole rings is 1. The Balaban J connectivity index is 1.85. The van der Waals surface area contributed by atoms with Gasteiger partial charge in [-0.15, -0.1) is 0 Å². The molecule has 0 spiro atoms. The van der Waals surface area contributed by atoms with Gasteiger partial charge in [0.2, 0.25) is 5.13 Å². The van der Waals surface area contributed by atoms with Crippen molar-refractivity contribution in [1.82, 2.24) is 4.98 Å². The molecule has 0 bridgehead atoms. The summed E-state index contributed by atoms with van der Waals surface area (Å²) in [5.41, 5.74) is 4.72. The van der Waals surface area contributed by atoms with Gasteiger partial charge >= 0.3 is 0 Å². The van der Waals surface area contributed by atoms with Crippen molar-refractivity contribution in [2.75, 3.05) is 12.5 Å². The number of nitrogens with zero attached hydrogens (tertiary/aromatic N) is 3. The zero-order chi connectivity index (χ0) is 18.0. The molecule has 0 atom stereocenters. The standard InChI is InChI=1S/C16H14N4O4S/c1-9-3-4-12-14(5-9)25-16(18-12)19-17-8-10-6-11(20(22)23)7-13(24-2)15(10)21/h3-8,21H,1-2H3,(H,18,19)/b17-8+. The fourth-order valence-corrected chi connectivity index (χ4v) is 3.12. The predicted molar refractivity (Wildman–Crippen MR) is 96.9 cm³/mol. The molecule has 9 heteroatoms. The predicted octanol–water partition coefficient (Wildman–Crippen LogP) is 3.67. The monoisotopic (exact) mass is 358 g/mol. The maximum absolute atomic E-state index is 11.0. The van der Waals surface area contributed by atoms with E-state index in [0.717, 1.165) is 21.8 Å². The number of aromatic hydroxyl groups is 1. The van der Waals surface area contributed by atoms with Gasteiger partial charge in [0, 0.05) is 11.6 Å². The summed E-state index contributed by atoms with van der Waals surface area (Å²) in [4.78, 5) is 14.8. The molecular formula is C16H14N4O4S. The topological polar surface area (TPSA) is 110 Å². The van der Waals surface area contributed by atoms with Crippen molar-refractivity contribution in [3.8, 4) is 11.5 Å². The second-order valence-electron chi connectivity index (χ2n) is 5.20. The summed E-state index contributed by atoms with van der Waals surface area (Å²) in [6.07, 6.45) is 1.28. The van der Waals surface area contributed by atoms with Gasteiger partial charge in [0.25, 0.3) is 5.69 Å². The number of anilines is 1. The molecule has 2 aromatic carbocycles. The minimum absolute atomic E-state index is 0.00566. The summed E-state index contributed by atoms with van der Waals surface area (Å²) in [5, 5.41) is 25.6. The van der Waals surface area contributed by atoms with Crippen LogP contribution >= 0.6 is 11.3 Å². The molecule has 0 aliphatic heterocycles. The van der Waals surface area contributed by atoms with E-state index >= 15 is 0 Å². The summed E-state index contributed by atoms with van der Waals surface area (Å²) in [7, 11) is 1.32. The van der Waals surface area contributed by atoms with E-state index in [4.69, 9.17) is 4.74 Å². The zero-order valence-corrected chi connectivity index (χ0v) is 14.2. The molecule has 3 aromatic rings. The maximum Gasteiger partial charge on any atom is 0.274 e. The minimum Gasteiger partial charge on any atom is -0.504 e. The van der Waals surface area contributed by atoms with Crippen molar-refractivity contribution in [2.24, 2.45) is 5.10 Å². The number of fused-ring (bicyclic) bond motifs is 1. The Bertz CT molecular complexity index is 984. The summed E-state index contributed by atoms with van der Waals surface area (Å²) in [5.74, 6) is -0.218. The third-order valence-corrected chi connectivity index (χ3v) is 4.35. The first-order valence-electron chi connectivity index (χ1n) is 7.19. The highest BCUT2D eigenvalue weighted by molar-refractivity contribution is 7.22. The maximum atomic E-state index is 11.0. The van der Waals surface area contributed by atoms with Crippen LogP contribution in [-0.4, -0.2) is 28.3 Å². The number of phenolic OH excluding ortho intramolecular Hbond substituents is 1. The average Bonchev–Trinajstić information content (AvgIpc) is 2.97. The Morgan fingerprint density at radius 1 is 1.40 bits per heavy atom. The van der Waals surface area contributed by atoms with Crippen LogP contribution in [0.25, 0.3) is 10.2 Å². The molecule has 0 unspecified atom stereocenters. The lowest BCUT2D eigenvalue weighted by atomic mass is 10.2. The molecule has 0 aliphatic carbocycles. The first-order valence-corrected chi connectivity index (χ1v) is 8.01. The molecule has 0 saturated carbocycles. The number of hydrogen-bond acceptors (Lipinski definition) is 8. The van der Waals surface area contributed by atoms with Crippen molar-refractivity contribution in [3.63, 3.8) is 0 Å². The van der Waals surface area contributed by atoms with E-state index in [1.807, 2.05) is 25.1 Å². The smallest absolute Gasteiger partial charge is 0.274 e. The molecule has 25 heavy (non-hydrogen) atoms. The van der Waals surface area contributed by atoms with Crippen LogP contribution < -0.4 is 10.2 Å². The summed E-state index contributed by atoms with van der Waals surface area (Å²) in [6.45, 7) is 2.00. The summed E-state index contributed by atoms with van der Waals surface area (Å²) >= 11 is 1.44. The van der Waals surface area contributed by atoms with Crippen LogP contribution in [0.4, 0.5) is 10.8 Å². The molecule has 0 radical (unpaired) electrons. The normalized spacial score (nSPS) is 11.1. The number of aryl methyl sites for hydroxylation is 1. The number of nitrogens with one attached hydrogen (secondary N) is 1. The van der Waals surface area contributed by atoms with Gasteiger partial charge in [0.05, 0.1) is 34.5 Å². The average molecular weight is 358 g/mol. The Kier molecular flexibility index (Phi) is 4.48. The van der Waals surface area contributed by atoms with E-state index in [9.17, 15) is 15.2 Å². The van der Waals surface area contributed by atoms with Crippen LogP contribution in [0.2, 0.25) is 0 Å². The van der Waals surface area contributed by atoms with Gasteiger partial charge in [-0.3, -0.25) is 15.5 Å². The van der Waals surface area contributed by atoms with Crippen molar-refractivity contribution in [1.29, 1.82) is 0 Å². The Morgan fingerprint density at radius 2 is 2.20 bits per heavy atom. The van der Waals surface area contributed by atoms with E-state index < -0.39 is 4.92 Å². The van der Waals surface area contributed by atoms with Crippen LogP contribution in [-0.2, 0) is 0 Å². The van der Waals surface area contributed by atoms with Crippen molar-refractivity contribution < 1.29 is 14.8 Å². The molecule has 0 amide bonds. The molecule has 2 N–H and O–H groups in total. The van der Waals surface area contributed by atoms with E-state index in [0.29, 0.717) is 5.13 Å². The number of methoxy groups -OCH3 is 1. The summed E-state index contributed by atoms with van der Waals surface area (Å²) < 4.78 is 5.97. The van der Waals surface area contributed by atoms with Gasteiger partial charge in [-0.05, 0) is 24.6 Å². The van der Waals surface area contributed by atoms with Gasteiger partial charge in [0.15, 0.2) is 11.5 Å². The number of hydrazone groups is 1. The molecule has 0 aliphatic rings. The van der Waals surface area contributed by atoms with Gasteiger partial charge < -0.3 is 9.84 Å². The number of phenols is 1. The number of nitro benzene ring substituents is 1. The van der Waals surface area contributed by atoms with Crippen LogP contribution in [0, 0.1) is 17.0 Å². The largest absolute Gasteiger partial charge is 0.504 e. The van der Waals surface area contributed by atoms with Crippen LogP contribution in [0.1, 0.15) is 11.1 Å². The van der Waals surface area contributed by atoms with E-state index in [1.54, 1.807) is 0 Å². The Labute approximate surface area is 146 Å². The molecule has 1 heterocycles. The van der Waals surface area contributed by atoms with Gasteiger partial charge in [-0.2, -0.15) is 5.10 Å². The SMILES string of the molecule is COc1cc([N+](=O)[O-])cc(/C=N/Nc2nc3ccc(C)cc3s2)c1O. The van der Waals surface area contributed by atoms with Crippen LogP contribution in [0.3, 0.4) is 0 Å². The first kappa shape index (κ1) is 16.7. The van der Waals surface area contributed by atoms with Gasteiger partial charge in [-0.25, -0.2) is 4.98 Å². The van der Waals surface area contributed by atoms with E-state index in [2.05, 4.69) is 15.5 Å².